The number of halogens is 1. The molecule has 0 atom stereocenters. The van der Waals surface area contributed by atoms with Crippen LogP contribution in [0, 0.1) is 0 Å². The topological polar surface area (TPSA) is 92.6 Å². The summed E-state index contributed by atoms with van der Waals surface area (Å²) in [6.45, 7) is 4.48. The van der Waals surface area contributed by atoms with Crippen LogP contribution in [0.15, 0.2) is 72.0 Å². The highest BCUT2D eigenvalue weighted by Gasteiger charge is 2.06. The molecule has 9 heteroatoms. The monoisotopic (exact) mass is 562 g/mol. The Kier molecular flexibility index (Phi) is 11.2. The Bertz CT molecular complexity index is 1010. The van der Waals surface area contributed by atoms with Gasteiger partial charge in [-0.2, -0.15) is 5.10 Å². The molecule has 0 saturated carbocycles. The van der Waals surface area contributed by atoms with Crippen LogP contribution in [0.25, 0.3) is 0 Å². The molecule has 3 rings (SSSR count). The molecule has 0 aliphatic heterocycles. The van der Waals surface area contributed by atoms with Crippen molar-refractivity contribution in [3.05, 3.63) is 83.7 Å². The van der Waals surface area contributed by atoms with Gasteiger partial charge in [-0.05, 0) is 41.8 Å². The number of guanidine groups is 1. The van der Waals surface area contributed by atoms with Crippen LogP contribution in [0.2, 0.25) is 0 Å². The van der Waals surface area contributed by atoms with E-state index in [-0.39, 0.29) is 36.4 Å². The van der Waals surface area contributed by atoms with Crippen LogP contribution in [0.3, 0.4) is 0 Å². The maximum atomic E-state index is 12.3. The van der Waals surface area contributed by atoms with Crippen LogP contribution in [0.5, 0.6) is 5.75 Å². The number of benzene rings is 2. The highest BCUT2D eigenvalue weighted by Crippen LogP contribution is 2.12. The van der Waals surface area contributed by atoms with Gasteiger partial charge >= 0.3 is 0 Å². The molecular weight excluding hydrogens is 531 g/mol. The van der Waals surface area contributed by atoms with Crippen molar-refractivity contribution in [1.82, 2.24) is 25.7 Å². The maximum Gasteiger partial charge on any atom is 0.239 e. The molecule has 1 aromatic heterocycles. The second-order valence-electron chi connectivity index (χ2n) is 7.15. The smallest absolute Gasteiger partial charge is 0.239 e. The number of nitrogens with one attached hydrogen (secondary N) is 3. The summed E-state index contributed by atoms with van der Waals surface area (Å²) in [7, 11) is 1.63. The Hall–Kier alpha value is -3.08. The normalized spacial score (nSPS) is 10.8. The first-order valence-corrected chi connectivity index (χ1v) is 10.6. The highest BCUT2D eigenvalue weighted by atomic mass is 127. The van der Waals surface area contributed by atoms with Crippen molar-refractivity contribution in [2.24, 2.45) is 4.99 Å². The number of hydrogen-bond donors (Lipinski definition) is 3. The van der Waals surface area contributed by atoms with Gasteiger partial charge in [0.15, 0.2) is 5.96 Å². The van der Waals surface area contributed by atoms with Gasteiger partial charge < -0.3 is 20.7 Å². The zero-order valence-electron chi connectivity index (χ0n) is 19.0. The number of carbonyl (C=O) groups excluding carboxylic acids is 1. The van der Waals surface area contributed by atoms with E-state index in [1.165, 1.54) is 0 Å². The third-order valence-electron chi connectivity index (χ3n) is 4.83. The summed E-state index contributed by atoms with van der Waals surface area (Å²) in [6, 6.07) is 17.7. The SMILES string of the molecule is CCNC(=NCc1ccccc1Cn1cccn1)NCC(=O)NCc1ccc(OC)cc1.I. The Morgan fingerprint density at radius 2 is 1.79 bits per heavy atom. The lowest BCUT2D eigenvalue weighted by molar-refractivity contribution is -0.120. The van der Waals surface area contributed by atoms with Crippen LogP contribution in [0.1, 0.15) is 23.6 Å². The van der Waals surface area contributed by atoms with E-state index < -0.39 is 0 Å². The predicted octanol–water partition coefficient (Wildman–Crippen LogP) is 2.93. The Morgan fingerprint density at radius 1 is 1.03 bits per heavy atom. The summed E-state index contributed by atoms with van der Waals surface area (Å²) >= 11 is 0. The largest absolute Gasteiger partial charge is 0.497 e. The fourth-order valence-electron chi connectivity index (χ4n) is 3.11. The second-order valence-corrected chi connectivity index (χ2v) is 7.15. The van der Waals surface area contributed by atoms with Crippen LogP contribution < -0.4 is 20.7 Å². The fourth-order valence-corrected chi connectivity index (χ4v) is 3.11. The molecule has 1 heterocycles. The second kappa shape index (κ2) is 14.1. The Balaban J connectivity index is 0.00000385. The van der Waals surface area contributed by atoms with Gasteiger partial charge in [-0.25, -0.2) is 4.99 Å². The van der Waals surface area contributed by atoms with Gasteiger partial charge in [-0.3, -0.25) is 9.48 Å². The fraction of sp³-hybridized carbons (Fsp3) is 0.292. The summed E-state index contributed by atoms with van der Waals surface area (Å²) < 4.78 is 7.04. The van der Waals surface area contributed by atoms with E-state index in [2.05, 4.69) is 38.2 Å². The number of aromatic nitrogens is 2. The molecule has 0 fully saturated rings. The molecule has 0 bridgehead atoms. The number of nitrogens with zero attached hydrogens (tertiary/aromatic N) is 3. The molecule has 2 aromatic carbocycles. The van der Waals surface area contributed by atoms with Crippen molar-refractivity contribution in [1.29, 1.82) is 0 Å². The van der Waals surface area contributed by atoms with Crippen molar-refractivity contribution in [2.75, 3.05) is 20.2 Å². The molecule has 33 heavy (non-hydrogen) atoms. The molecule has 0 spiro atoms. The molecule has 176 valence electrons. The van der Waals surface area contributed by atoms with E-state index in [4.69, 9.17) is 4.74 Å². The summed E-state index contributed by atoms with van der Waals surface area (Å²) in [5.74, 6) is 1.28. The van der Waals surface area contributed by atoms with Crippen molar-refractivity contribution in [3.8, 4) is 5.75 Å². The van der Waals surface area contributed by atoms with Crippen LogP contribution in [-0.2, 0) is 24.4 Å². The van der Waals surface area contributed by atoms with E-state index in [9.17, 15) is 4.79 Å². The van der Waals surface area contributed by atoms with E-state index in [1.807, 2.05) is 60.3 Å². The zero-order chi connectivity index (χ0) is 22.6. The molecule has 0 aliphatic carbocycles. The summed E-state index contributed by atoms with van der Waals surface area (Å²) in [6.07, 6.45) is 3.71. The third-order valence-corrected chi connectivity index (χ3v) is 4.83. The van der Waals surface area contributed by atoms with E-state index in [0.29, 0.717) is 32.1 Å². The molecular formula is C24H31IN6O2. The molecule has 0 aliphatic rings. The molecule has 3 aromatic rings. The first-order chi connectivity index (χ1) is 15.7. The zero-order valence-corrected chi connectivity index (χ0v) is 21.3. The van der Waals surface area contributed by atoms with Gasteiger partial charge in [0, 0.05) is 25.5 Å². The van der Waals surface area contributed by atoms with Crippen molar-refractivity contribution in [3.63, 3.8) is 0 Å². The predicted molar refractivity (Wildman–Crippen MR) is 141 cm³/mol. The molecule has 1 amide bonds. The average Bonchev–Trinajstić information content (AvgIpc) is 3.34. The summed E-state index contributed by atoms with van der Waals surface area (Å²) in [4.78, 5) is 16.9. The minimum Gasteiger partial charge on any atom is -0.497 e. The van der Waals surface area contributed by atoms with Gasteiger partial charge in [0.05, 0.1) is 26.7 Å². The van der Waals surface area contributed by atoms with E-state index >= 15 is 0 Å². The number of methoxy groups -OCH3 is 1. The van der Waals surface area contributed by atoms with Gasteiger partial charge in [0.1, 0.15) is 5.75 Å². The summed E-state index contributed by atoms with van der Waals surface area (Å²) in [5.41, 5.74) is 3.28. The van der Waals surface area contributed by atoms with Crippen LogP contribution in [0.4, 0.5) is 0 Å². The van der Waals surface area contributed by atoms with Gasteiger partial charge in [0.2, 0.25) is 5.91 Å². The third kappa shape index (κ3) is 8.76. The quantitative estimate of drug-likeness (QED) is 0.201. The molecule has 3 N–H and O–H groups in total. The maximum absolute atomic E-state index is 12.3. The molecule has 8 nitrogen and oxygen atoms in total. The van der Waals surface area contributed by atoms with Crippen molar-refractivity contribution < 1.29 is 9.53 Å². The number of amides is 1. The number of hydrogen-bond acceptors (Lipinski definition) is 4. The van der Waals surface area contributed by atoms with Gasteiger partial charge in [-0.15, -0.1) is 24.0 Å². The van der Waals surface area contributed by atoms with Crippen molar-refractivity contribution in [2.45, 2.75) is 26.6 Å². The molecule has 0 unspecified atom stereocenters. The van der Waals surface area contributed by atoms with E-state index in [0.717, 1.165) is 22.4 Å². The number of ether oxygens (including phenoxy) is 1. The Morgan fingerprint density at radius 3 is 2.45 bits per heavy atom. The van der Waals surface area contributed by atoms with Gasteiger partial charge in [-0.1, -0.05) is 36.4 Å². The number of rotatable bonds is 10. The average molecular weight is 562 g/mol. The van der Waals surface area contributed by atoms with Crippen molar-refractivity contribution >= 4 is 35.8 Å². The van der Waals surface area contributed by atoms with E-state index in [1.54, 1.807) is 13.3 Å². The summed E-state index contributed by atoms with van der Waals surface area (Å²) in [5, 5.41) is 13.5. The highest BCUT2D eigenvalue weighted by molar-refractivity contribution is 14.0. The molecule has 0 radical (unpaired) electrons. The minimum atomic E-state index is -0.106. The molecule has 0 saturated heterocycles. The standard InChI is InChI=1S/C24H30N6O2.HI/c1-3-25-24(28-17-23(31)26-15-19-9-11-22(32-2)12-10-19)27-16-20-7-4-5-8-21(20)18-30-14-6-13-29-30;/h4-14H,3,15-18H2,1-2H3,(H,26,31)(H2,25,27,28);1H. The Labute approximate surface area is 211 Å². The lowest BCUT2D eigenvalue weighted by Gasteiger charge is -2.13. The lowest BCUT2D eigenvalue weighted by Crippen LogP contribution is -2.43. The first-order valence-electron chi connectivity index (χ1n) is 10.6. The van der Waals surface area contributed by atoms with Crippen LogP contribution >= 0.6 is 24.0 Å². The lowest BCUT2D eigenvalue weighted by atomic mass is 10.1. The van der Waals surface area contributed by atoms with Gasteiger partial charge in [0.25, 0.3) is 0 Å². The minimum absolute atomic E-state index is 0. The first kappa shape index (κ1) is 26.2. The van der Waals surface area contributed by atoms with Crippen LogP contribution in [-0.4, -0.2) is 41.8 Å². The number of aliphatic imine (C=N–C) groups is 1. The number of carbonyl (C=O) groups is 1.